The molecule has 1 aliphatic rings. The second-order valence-electron chi connectivity index (χ2n) is 3.47. The van der Waals surface area contributed by atoms with Crippen molar-refractivity contribution in [1.82, 2.24) is 0 Å². The molecular formula is C12H11BrO. The summed E-state index contributed by atoms with van der Waals surface area (Å²) in [6.07, 6.45) is 4.66. The van der Waals surface area contributed by atoms with Crippen molar-refractivity contribution in [2.45, 2.75) is 19.3 Å². The molecule has 0 aliphatic heterocycles. The molecule has 1 saturated carbocycles. The first-order chi connectivity index (χ1) is 6.77. The predicted octanol–water partition coefficient (Wildman–Crippen LogP) is 3.59. The monoisotopic (exact) mass is 250 g/mol. The van der Waals surface area contributed by atoms with Crippen LogP contribution in [0.15, 0.2) is 34.3 Å². The molecule has 1 aromatic rings. The van der Waals surface area contributed by atoms with Gasteiger partial charge in [-0.2, -0.15) is 0 Å². The highest BCUT2D eigenvalue weighted by molar-refractivity contribution is 9.10. The van der Waals surface area contributed by atoms with Crippen molar-refractivity contribution in [3.8, 4) is 0 Å². The van der Waals surface area contributed by atoms with E-state index < -0.39 is 0 Å². The van der Waals surface area contributed by atoms with Crippen molar-refractivity contribution in [3.05, 3.63) is 39.9 Å². The van der Waals surface area contributed by atoms with Gasteiger partial charge in [-0.15, -0.1) is 0 Å². The molecule has 0 bridgehead atoms. The van der Waals surface area contributed by atoms with Crippen LogP contribution in [-0.2, 0) is 4.79 Å². The first-order valence-electron chi connectivity index (χ1n) is 4.75. The van der Waals surface area contributed by atoms with E-state index >= 15 is 0 Å². The summed E-state index contributed by atoms with van der Waals surface area (Å²) < 4.78 is 1.05. The molecule has 0 radical (unpaired) electrons. The van der Waals surface area contributed by atoms with Gasteiger partial charge < -0.3 is 0 Å². The fraction of sp³-hybridized carbons (Fsp3) is 0.250. The molecule has 2 heteroatoms. The number of rotatable bonds is 1. The van der Waals surface area contributed by atoms with Gasteiger partial charge in [0.05, 0.1) is 0 Å². The minimum Gasteiger partial charge on any atom is -0.295 e. The molecule has 14 heavy (non-hydrogen) atoms. The average Bonchev–Trinajstić information content (AvgIpc) is 2.56. The SMILES string of the molecule is O=C1CCC/C1=C\c1ccccc1Br. The Balaban J connectivity index is 2.33. The molecule has 0 amide bonds. The number of allylic oxidation sites excluding steroid dienone is 1. The van der Waals surface area contributed by atoms with Crippen LogP contribution in [0.3, 0.4) is 0 Å². The van der Waals surface area contributed by atoms with Gasteiger partial charge in [0.25, 0.3) is 0 Å². The number of hydrogen-bond acceptors (Lipinski definition) is 1. The summed E-state index contributed by atoms with van der Waals surface area (Å²) in [6, 6.07) is 7.97. The Labute approximate surface area is 92.0 Å². The molecule has 1 aromatic carbocycles. The molecule has 1 fully saturated rings. The van der Waals surface area contributed by atoms with Crippen LogP contribution < -0.4 is 0 Å². The number of ketones is 1. The number of hydrogen-bond donors (Lipinski definition) is 0. The Morgan fingerprint density at radius 2 is 2.00 bits per heavy atom. The summed E-state index contributed by atoms with van der Waals surface area (Å²) in [7, 11) is 0. The standard InChI is InChI=1S/C12H11BrO/c13-11-6-2-1-4-9(11)8-10-5-3-7-12(10)14/h1-2,4,6,8H,3,5,7H2/b10-8+. The summed E-state index contributed by atoms with van der Waals surface area (Å²) in [5, 5.41) is 0. The van der Waals surface area contributed by atoms with Gasteiger partial charge in [0.1, 0.15) is 0 Å². The maximum Gasteiger partial charge on any atom is 0.158 e. The second-order valence-corrected chi connectivity index (χ2v) is 4.32. The normalized spacial score (nSPS) is 19.2. The highest BCUT2D eigenvalue weighted by Crippen LogP contribution is 2.25. The van der Waals surface area contributed by atoms with Gasteiger partial charge in [0, 0.05) is 10.9 Å². The van der Waals surface area contributed by atoms with Crippen LogP contribution >= 0.6 is 15.9 Å². The topological polar surface area (TPSA) is 17.1 Å². The van der Waals surface area contributed by atoms with Crippen LogP contribution in [0.2, 0.25) is 0 Å². The number of carbonyl (C=O) groups is 1. The zero-order chi connectivity index (χ0) is 9.97. The molecule has 72 valence electrons. The summed E-state index contributed by atoms with van der Waals surface area (Å²) in [6.45, 7) is 0. The molecule has 1 aliphatic carbocycles. The van der Waals surface area contributed by atoms with Gasteiger partial charge in [-0.25, -0.2) is 0 Å². The Morgan fingerprint density at radius 1 is 1.21 bits per heavy atom. The molecule has 0 N–H and O–H groups in total. The third kappa shape index (κ3) is 1.95. The summed E-state index contributed by atoms with van der Waals surface area (Å²) >= 11 is 3.47. The first-order valence-corrected chi connectivity index (χ1v) is 5.55. The molecule has 0 saturated heterocycles. The summed E-state index contributed by atoms with van der Waals surface area (Å²) in [4.78, 5) is 11.4. The Morgan fingerprint density at radius 3 is 2.64 bits per heavy atom. The van der Waals surface area contributed by atoms with E-state index in [1.165, 1.54) is 0 Å². The van der Waals surface area contributed by atoms with Crippen LogP contribution in [0, 0.1) is 0 Å². The van der Waals surface area contributed by atoms with Crippen molar-refractivity contribution in [2.24, 2.45) is 0 Å². The number of Topliss-reactive ketones (excluding diaryl/α,β-unsaturated/α-hetero) is 1. The number of benzene rings is 1. The lowest BCUT2D eigenvalue weighted by Crippen LogP contribution is -1.91. The van der Waals surface area contributed by atoms with E-state index in [1.54, 1.807) is 0 Å². The average molecular weight is 251 g/mol. The van der Waals surface area contributed by atoms with Crippen LogP contribution in [0.4, 0.5) is 0 Å². The lowest BCUT2D eigenvalue weighted by atomic mass is 10.1. The fourth-order valence-electron chi connectivity index (χ4n) is 1.67. The van der Waals surface area contributed by atoms with Gasteiger partial charge in [0.2, 0.25) is 0 Å². The molecule has 0 spiro atoms. The zero-order valence-electron chi connectivity index (χ0n) is 7.79. The van der Waals surface area contributed by atoms with Crippen molar-refractivity contribution >= 4 is 27.8 Å². The van der Waals surface area contributed by atoms with Gasteiger partial charge >= 0.3 is 0 Å². The predicted molar refractivity (Wildman–Crippen MR) is 61.0 cm³/mol. The third-order valence-corrected chi connectivity index (χ3v) is 3.17. The maximum atomic E-state index is 11.4. The van der Waals surface area contributed by atoms with Crippen molar-refractivity contribution in [2.75, 3.05) is 0 Å². The highest BCUT2D eigenvalue weighted by atomic mass is 79.9. The highest BCUT2D eigenvalue weighted by Gasteiger charge is 2.16. The van der Waals surface area contributed by atoms with Crippen LogP contribution in [0.5, 0.6) is 0 Å². The number of halogens is 1. The molecule has 1 nitrogen and oxygen atoms in total. The van der Waals surface area contributed by atoms with E-state index in [9.17, 15) is 4.79 Å². The van der Waals surface area contributed by atoms with Crippen molar-refractivity contribution in [3.63, 3.8) is 0 Å². The molecule has 0 atom stereocenters. The van der Waals surface area contributed by atoms with E-state index in [0.29, 0.717) is 5.78 Å². The number of carbonyl (C=O) groups excluding carboxylic acids is 1. The molecule has 0 heterocycles. The van der Waals surface area contributed by atoms with Gasteiger partial charge in [-0.3, -0.25) is 4.79 Å². The Bertz CT molecular complexity index is 393. The van der Waals surface area contributed by atoms with Crippen LogP contribution in [0.25, 0.3) is 6.08 Å². The minimum absolute atomic E-state index is 0.306. The quantitative estimate of drug-likeness (QED) is 0.697. The summed E-state index contributed by atoms with van der Waals surface area (Å²) in [5.41, 5.74) is 2.06. The van der Waals surface area contributed by atoms with Crippen LogP contribution in [0.1, 0.15) is 24.8 Å². The third-order valence-electron chi connectivity index (χ3n) is 2.44. The van der Waals surface area contributed by atoms with Gasteiger partial charge in [-0.1, -0.05) is 34.1 Å². The van der Waals surface area contributed by atoms with Gasteiger partial charge in [-0.05, 0) is 36.1 Å². The van der Waals surface area contributed by atoms with E-state index in [-0.39, 0.29) is 0 Å². The van der Waals surface area contributed by atoms with Crippen LogP contribution in [-0.4, -0.2) is 5.78 Å². The van der Waals surface area contributed by atoms with Crippen molar-refractivity contribution < 1.29 is 4.79 Å². The molecule has 0 unspecified atom stereocenters. The van der Waals surface area contributed by atoms with Crippen molar-refractivity contribution in [1.29, 1.82) is 0 Å². The smallest absolute Gasteiger partial charge is 0.158 e. The lowest BCUT2D eigenvalue weighted by molar-refractivity contribution is -0.114. The Kier molecular flexibility index (Phi) is 2.82. The van der Waals surface area contributed by atoms with Gasteiger partial charge in [0.15, 0.2) is 5.78 Å². The first kappa shape index (κ1) is 9.66. The fourth-order valence-corrected chi connectivity index (χ4v) is 2.07. The second kappa shape index (κ2) is 4.09. The molecule has 2 rings (SSSR count). The zero-order valence-corrected chi connectivity index (χ0v) is 9.38. The Hall–Kier alpha value is -0.890. The maximum absolute atomic E-state index is 11.4. The molecular weight excluding hydrogens is 240 g/mol. The van der Waals surface area contributed by atoms with E-state index in [4.69, 9.17) is 0 Å². The van der Waals surface area contributed by atoms with E-state index in [2.05, 4.69) is 15.9 Å². The summed E-state index contributed by atoms with van der Waals surface area (Å²) in [5.74, 6) is 0.306. The van der Waals surface area contributed by atoms with E-state index in [1.807, 2.05) is 30.3 Å². The lowest BCUT2D eigenvalue weighted by Gasteiger charge is -1.99. The minimum atomic E-state index is 0.306. The molecule has 0 aromatic heterocycles. The van der Waals surface area contributed by atoms with E-state index in [0.717, 1.165) is 34.9 Å². The largest absolute Gasteiger partial charge is 0.295 e.